The van der Waals surface area contributed by atoms with Crippen molar-refractivity contribution in [3.05, 3.63) is 63.9 Å². The second-order valence-corrected chi connectivity index (χ2v) is 6.81. The lowest BCUT2D eigenvalue weighted by atomic mass is 10.1. The van der Waals surface area contributed by atoms with Gasteiger partial charge in [0, 0.05) is 45.6 Å². The van der Waals surface area contributed by atoms with Crippen molar-refractivity contribution in [3.63, 3.8) is 0 Å². The normalized spacial score (nSPS) is 12.2. The number of nitrogens with one attached hydrogen (secondary N) is 1. The molecule has 0 aliphatic rings. The Morgan fingerprint density at radius 1 is 1.19 bits per heavy atom. The highest BCUT2D eigenvalue weighted by Crippen LogP contribution is 2.22. The summed E-state index contributed by atoms with van der Waals surface area (Å²) in [6.07, 6.45) is 1.64. The summed E-state index contributed by atoms with van der Waals surface area (Å²) in [7, 11) is -0.954. The summed E-state index contributed by atoms with van der Waals surface area (Å²) < 4.78 is 25.0. The van der Waals surface area contributed by atoms with Gasteiger partial charge >= 0.3 is 0 Å². The summed E-state index contributed by atoms with van der Waals surface area (Å²) in [5.41, 5.74) is 3.30. The smallest absolute Gasteiger partial charge is 0.128 e. The van der Waals surface area contributed by atoms with Gasteiger partial charge in [0.1, 0.15) is 5.82 Å². The van der Waals surface area contributed by atoms with Crippen molar-refractivity contribution >= 4 is 28.1 Å². The largest absolute Gasteiger partial charge is 0.381 e. The molecule has 0 aliphatic carbocycles. The van der Waals surface area contributed by atoms with Gasteiger partial charge in [0.2, 0.25) is 0 Å². The molecule has 0 fully saturated rings. The van der Waals surface area contributed by atoms with Gasteiger partial charge in [-0.05, 0) is 36.8 Å². The van der Waals surface area contributed by atoms with Gasteiger partial charge in [-0.25, -0.2) is 4.39 Å². The van der Waals surface area contributed by atoms with Crippen molar-refractivity contribution in [1.29, 1.82) is 0 Å². The second kappa shape index (κ2) is 7.05. The zero-order valence-electron chi connectivity index (χ0n) is 12.0. The van der Waals surface area contributed by atoms with Crippen LogP contribution in [0.15, 0.2) is 36.4 Å². The molecular weight excluding hydrogens is 309 g/mol. The average molecular weight is 326 g/mol. The molecule has 21 heavy (non-hydrogen) atoms. The molecule has 0 bridgehead atoms. The van der Waals surface area contributed by atoms with E-state index in [0.29, 0.717) is 22.9 Å². The van der Waals surface area contributed by atoms with Crippen molar-refractivity contribution in [2.75, 3.05) is 11.6 Å². The van der Waals surface area contributed by atoms with E-state index in [-0.39, 0.29) is 5.82 Å². The van der Waals surface area contributed by atoms with Gasteiger partial charge in [-0.3, -0.25) is 4.21 Å². The molecule has 2 nitrogen and oxygen atoms in total. The molecule has 0 amide bonds. The van der Waals surface area contributed by atoms with Gasteiger partial charge in [0.15, 0.2) is 0 Å². The van der Waals surface area contributed by atoms with E-state index < -0.39 is 10.8 Å². The van der Waals surface area contributed by atoms with Crippen LogP contribution in [0.5, 0.6) is 0 Å². The number of anilines is 1. The fraction of sp³-hybridized carbons (Fsp3) is 0.250. The van der Waals surface area contributed by atoms with Gasteiger partial charge in [-0.2, -0.15) is 0 Å². The Balaban J connectivity index is 2.13. The first kappa shape index (κ1) is 16.0. The maximum absolute atomic E-state index is 13.7. The Morgan fingerprint density at radius 3 is 2.67 bits per heavy atom. The fourth-order valence-electron chi connectivity index (χ4n) is 2.05. The van der Waals surface area contributed by atoms with Gasteiger partial charge in [-0.1, -0.05) is 29.3 Å². The fourth-order valence-corrected chi connectivity index (χ4v) is 2.99. The number of benzene rings is 2. The quantitative estimate of drug-likeness (QED) is 0.889. The van der Waals surface area contributed by atoms with Crippen molar-refractivity contribution in [2.24, 2.45) is 0 Å². The van der Waals surface area contributed by atoms with Crippen molar-refractivity contribution < 1.29 is 8.60 Å². The summed E-state index contributed by atoms with van der Waals surface area (Å²) in [6, 6.07) is 10.5. The summed E-state index contributed by atoms with van der Waals surface area (Å²) in [5, 5.41) is 3.77. The van der Waals surface area contributed by atoms with Gasteiger partial charge in [0.05, 0.1) is 0 Å². The summed E-state index contributed by atoms with van der Waals surface area (Å²) >= 11 is 6.08. The third kappa shape index (κ3) is 4.55. The third-order valence-corrected chi connectivity index (χ3v) is 4.17. The molecule has 0 spiro atoms. The molecule has 0 heterocycles. The Labute approximate surface area is 131 Å². The van der Waals surface area contributed by atoms with Crippen LogP contribution < -0.4 is 5.32 Å². The lowest BCUT2D eigenvalue weighted by molar-refractivity contribution is 0.612. The maximum atomic E-state index is 13.7. The number of halogens is 2. The van der Waals surface area contributed by atoms with E-state index in [0.717, 1.165) is 16.8 Å². The van der Waals surface area contributed by atoms with Crippen LogP contribution >= 0.6 is 11.6 Å². The van der Waals surface area contributed by atoms with Crippen molar-refractivity contribution in [2.45, 2.75) is 19.2 Å². The predicted octanol–water partition coefficient (Wildman–Crippen LogP) is 4.28. The third-order valence-electron chi connectivity index (χ3n) is 3.09. The Hall–Kier alpha value is -1.39. The molecule has 0 saturated heterocycles. The summed E-state index contributed by atoms with van der Waals surface area (Å²) in [4.78, 5) is 0. The molecule has 1 atom stereocenters. The first-order chi connectivity index (χ1) is 9.95. The molecule has 1 unspecified atom stereocenters. The number of rotatable bonds is 5. The maximum Gasteiger partial charge on any atom is 0.128 e. The SMILES string of the molecule is Cc1ccc(F)c(CNc2ccc(Cl)c(CS(C)=O)c2)c1. The number of hydrogen-bond acceptors (Lipinski definition) is 2. The van der Waals surface area contributed by atoms with E-state index in [2.05, 4.69) is 5.32 Å². The molecule has 0 radical (unpaired) electrons. The Kier molecular flexibility index (Phi) is 5.37. The Bertz CT molecular complexity index is 675. The van der Waals surface area contributed by atoms with Crippen LogP contribution in [-0.4, -0.2) is 10.5 Å². The van der Waals surface area contributed by atoms with E-state index in [1.165, 1.54) is 6.07 Å². The first-order valence-corrected chi connectivity index (χ1v) is 8.63. The molecular formula is C16H17ClFNOS. The minimum Gasteiger partial charge on any atom is -0.381 e. The standard InChI is InChI=1S/C16H17ClFNOS/c1-11-3-6-16(18)12(7-11)9-19-14-4-5-15(17)13(8-14)10-21(2)20/h3-8,19H,9-10H2,1-2H3. The molecule has 0 aliphatic heterocycles. The van der Waals surface area contributed by atoms with E-state index in [4.69, 9.17) is 11.6 Å². The van der Waals surface area contributed by atoms with Crippen LogP contribution in [0, 0.1) is 12.7 Å². The van der Waals surface area contributed by atoms with Crippen LogP contribution in [0.1, 0.15) is 16.7 Å². The molecule has 1 N–H and O–H groups in total. The molecule has 2 rings (SSSR count). The Morgan fingerprint density at radius 2 is 1.95 bits per heavy atom. The topological polar surface area (TPSA) is 29.1 Å². The van der Waals surface area contributed by atoms with E-state index in [1.807, 2.05) is 25.1 Å². The molecule has 2 aromatic carbocycles. The zero-order chi connectivity index (χ0) is 15.4. The lowest BCUT2D eigenvalue weighted by Crippen LogP contribution is -2.03. The molecule has 5 heteroatoms. The van der Waals surface area contributed by atoms with Gasteiger partial charge < -0.3 is 5.32 Å². The van der Waals surface area contributed by atoms with Crippen LogP contribution in [0.4, 0.5) is 10.1 Å². The second-order valence-electron chi connectivity index (χ2n) is 4.97. The first-order valence-electron chi connectivity index (χ1n) is 6.53. The number of hydrogen-bond donors (Lipinski definition) is 1. The van der Waals surface area contributed by atoms with Gasteiger partial charge in [-0.15, -0.1) is 0 Å². The van der Waals surface area contributed by atoms with Crippen LogP contribution in [0.2, 0.25) is 5.02 Å². The highest BCUT2D eigenvalue weighted by atomic mass is 35.5. The van der Waals surface area contributed by atoms with Crippen molar-refractivity contribution in [1.82, 2.24) is 0 Å². The highest BCUT2D eigenvalue weighted by Gasteiger charge is 2.06. The number of aryl methyl sites for hydroxylation is 1. The molecule has 112 valence electrons. The molecule has 2 aromatic rings. The minimum atomic E-state index is -0.954. The summed E-state index contributed by atoms with van der Waals surface area (Å²) in [5.74, 6) is 0.185. The van der Waals surface area contributed by atoms with E-state index in [1.54, 1.807) is 18.4 Å². The van der Waals surface area contributed by atoms with Crippen LogP contribution in [0.3, 0.4) is 0 Å². The van der Waals surface area contributed by atoms with Gasteiger partial charge in [0.25, 0.3) is 0 Å². The minimum absolute atomic E-state index is 0.225. The van der Waals surface area contributed by atoms with E-state index >= 15 is 0 Å². The lowest BCUT2D eigenvalue weighted by Gasteiger charge is -2.10. The van der Waals surface area contributed by atoms with Crippen LogP contribution in [-0.2, 0) is 23.1 Å². The molecule has 0 aromatic heterocycles. The van der Waals surface area contributed by atoms with Crippen LogP contribution in [0.25, 0.3) is 0 Å². The average Bonchev–Trinajstić information content (AvgIpc) is 2.42. The van der Waals surface area contributed by atoms with Crippen molar-refractivity contribution in [3.8, 4) is 0 Å². The molecule has 0 saturated carbocycles. The highest BCUT2D eigenvalue weighted by molar-refractivity contribution is 7.83. The predicted molar refractivity (Wildman–Crippen MR) is 87.7 cm³/mol. The summed E-state index contributed by atoms with van der Waals surface area (Å²) in [6.45, 7) is 2.32. The zero-order valence-corrected chi connectivity index (χ0v) is 13.5. The monoisotopic (exact) mass is 325 g/mol. The van der Waals surface area contributed by atoms with E-state index in [9.17, 15) is 8.60 Å².